The Morgan fingerprint density at radius 3 is 2.68 bits per heavy atom. The first kappa shape index (κ1) is 14.0. The van der Waals surface area contributed by atoms with Crippen molar-refractivity contribution in [1.82, 2.24) is 4.98 Å². The Hall–Kier alpha value is -1.46. The van der Waals surface area contributed by atoms with Gasteiger partial charge in [0.05, 0.1) is 21.0 Å². The summed E-state index contributed by atoms with van der Waals surface area (Å²) in [4.78, 5) is 15.9. The monoisotopic (exact) mass is 296 g/mol. The number of para-hydroxylation sites is 1. The molecule has 1 aromatic carbocycles. The molecule has 0 N–H and O–H groups in total. The van der Waals surface area contributed by atoms with Gasteiger partial charge in [-0.05, 0) is 13.8 Å². The van der Waals surface area contributed by atoms with Crippen LogP contribution in [0.2, 0.25) is 0 Å². The minimum Gasteiger partial charge on any atom is -0.258 e. The summed E-state index contributed by atoms with van der Waals surface area (Å²) in [6.45, 7) is 3.84. The first-order chi connectivity index (χ1) is 8.99. The molecule has 0 spiro atoms. The van der Waals surface area contributed by atoms with Gasteiger partial charge in [-0.2, -0.15) is 0 Å². The summed E-state index contributed by atoms with van der Waals surface area (Å²) in [5, 5.41) is 11.6. The number of nitrogens with zero attached hydrogens (tertiary/aromatic N) is 2. The van der Waals surface area contributed by atoms with Gasteiger partial charge in [0, 0.05) is 22.9 Å². The average molecular weight is 297 g/mol. The molecule has 100 valence electrons. The van der Waals surface area contributed by atoms with Crippen molar-refractivity contribution >= 4 is 28.6 Å². The SMILES string of the molecule is Cc1nc(C)c(C(Cl)Cc2ccccc2[N+](=O)[O-])s1. The number of alkyl halides is 1. The standard InChI is InChI=1S/C13H13ClN2O2S/c1-8-13(19-9(2)15-8)11(14)7-10-5-3-4-6-12(10)16(17)18/h3-6,11H,7H2,1-2H3. The van der Waals surface area contributed by atoms with E-state index in [1.807, 2.05) is 13.8 Å². The number of thiazole rings is 1. The molecule has 0 radical (unpaired) electrons. The molecule has 2 aromatic rings. The Kier molecular flexibility index (Phi) is 4.17. The Bertz CT molecular complexity index is 612. The third-order valence-electron chi connectivity index (χ3n) is 2.81. The van der Waals surface area contributed by atoms with Crippen molar-refractivity contribution in [2.24, 2.45) is 0 Å². The molecule has 0 fully saturated rings. The predicted molar refractivity (Wildman–Crippen MR) is 77.0 cm³/mol. The van der Waals surface area contributed by atoms with Crippen molar-refractivity contribution in [3.63, 3.8) is 0 Å². The van der Waals surface area contributed by atoms with E-state index in [4.69, 9.17) is 11.6 Å². The van der Waals surface area contributed by atoms with Gasteiger partial charge in [-0.3, -0.25) is 10.1 Å². The van der Waals surface area contributed by atoms with Crippen LogP contribution >= 0.6 is 22.9 Å². The van der Waals surface area contributed by atoms with Gasteiger partial charge in [-0.25, -0.2) is 4.98 Å². The fraction of sp³-hybridized carbons (Fsp3) is 0.308. The van der Waals surface area contributed by atoms with Gasteiger partial charge in [0.2, 0.25) is 0 Å². The van der Waals surface area contributed by atoms with Crippen molar-refractivity contribution in [2.45, 2.75) is 25.6 Å². The van der Waals surface area contributed by atoms with Gasteiger partial charge in [-0.1, -0.05) is 18.2 Å². The minimum atomic E-state index is -0.371. The fourth-order valence-electron chi connectivity index (χ4n) is 1.98. The largest absolute Gasteiger partial charge is 0.272 e. The van der Waals surface area contributed by atoms with Crippen LogP contribution in [0.3, 0.4) is 0 Å². The molecule has 0 saturated carbocycles. The van der Waals surface area contributed by atoms with Crippen LogP contribution in [0.25, 0.3) is 0 Å². The third kappa shape index (κ3) is 3.11. The first-order valence-electron chi connectivity index (χ1n) is 5.79. The van der Waals surface area contributed by atoms with Crippen LogP contribution in [-0.4, -0.2) is 9.91 Å². The fourth-order valence-corrected chi connectivity index (χ4v) is 3.35. The van der Waals surface area contributed by atoms with Gasteiger partial charge >= 0.3 is 0 Å². The first-order valence-corrected chi connectivity index (χ1v) is 7.04. The number of hydrogen-bond donors (Lipinski definition) is 0. The molecule has 1 atom stereocenters. The zero-order chi connectivity index (χ0) is 14.0. The van der Waals surface area contributed by atoms with Gasteiger partial charge in [0.15, 0.2) is 0 Å². The molecular formula is C13H13ClN2O2S. The molecule has 0 aliphatic heterocycles. The summed E-state index contributed by atoms with van der Waals surface area (Å²) in [6.07, 6.45) is 0.432. The van der Waals surface area contributed by atoms with Crippen LogP contribution in [0.15, 0.2) is 24.3 Å². The molecule has 0 saturated heterocycles. The van der Waals surface area contributed by atoms with Crippen LogP contribution < -0.4 is 0 Å². The Balaban J connectivity index is 2.26. The summed E-state index contributed by atoms with van der Waals surface area (Å²) in [6, 6.07) is 6.70. The van der Waals surface area contributed by atoms with Crippen LogP contribution in [0, 0.1) is 24.0 Å². The second kappa shape index (κ2) is 5.67. The van der Waals surface area contributed by atoms with Crippen molar-refractivity contribution in [2.75, 3.05) is 0 Å². The van der Waals surface area contributed by atoms with E-state index in [1.54, 1.807) is 29.5 Å². The number of rotatable bonds is 4. The van der Waals surface area contributed by atoms with Gasteiger partial charge in [0.1, 0.15) is 0 Å². The highest BCUT2D eigenvalue weighted by atomic mass is 35.5. The van der Waals surface area contributed by atoms with E-state index in [2.05, 4.69) is 4.98 Å². The van der Waals surface area contributed by atoms with E-state index < -0.39 is 0 Å². The lowest BCUT2D eigenvalue weighted by molar-refractivity contribution is -0.385. The van der Waals surface area contributed by atoms with E-state index in [0.717, 1.165) is 15.6 Å². The summed E-state index contributed by atoms with van der Waals surface area (Å²) < 4.78 is 0. The normalized spacial score (nSPS) is 12.4. The van der Waals surface area contributed by atoms with E-state index in [-0.39, 0.29) is 16.0 Å². The van der Waals surface area contributed by atoms with Crippen molar-refractivity contribution in [1.29, 1.82) is 0 Å². The maximum Gasteiger partial charge on any atom is 0.272 e. The van der Waals surface area contributed by atoms with Crippen LogP contribution in [0.1, 0.15) is 26.5 Å². The van der Waals surface area contributed by atoms with Crippen molar-refractivity contribution < 1.29 is 4.92 Å². The molecule has 0 amide bonds. The Labute approximate surface area is 120 Å². The number of hydrogen-bond acceptors (Lipinski definition) is 4. The molecule has 1 aromatic heterocycles. The summed E-state index contributed by atoms with van der Waals surface area (Å²) in [7, 11) is 0. The predicted octanol–water partition coefficient (Wildman–Crippen LogP) is 4.19. The number of nitro benzene ring substituents is 1. The molecule has 4 nitrogen and oxygen atoms in total. The third-order valence-corrected chi connectivity index (χ3v) is 4.50. The van der Waals surface area contributed by atoms with E-state index in [9.17, 15) is 10.1 Å². The highest BCUT2D eigenvalue weighted by Crippen LogP contribution is 2.34. The minimum absolute atomic E-state index is 0.118. The van der Waals surface area contributed by atoms with Gasteiger partial charge in [-0.15, -0.1) is 22.9 Å². The van der Waals surface area contributed by atoms with Crippen molar-refractivity contribution in [3.05, 3.63) is 55.5 Å². The maximum absolute atomic E-state index is 11.0. The maximum atomic E-state index is 11.0. The van der Waals surface area contributed by atoms with Crippen LogP contribution in [-0.2, 0) is 6.42 Å². The molecule has 0 aliphatic carbocycles. The summed E-state index contributed by atoms with van der Waals surface area (Å²) in [5.41, 5.74) is 1.67. The van der Waals surface area contributed by atoms with E-state index in [0.29, 0.717) is 12.0 Å². The number of benzene rings is 1. The lowest BCUT2D eigenvalue weighted by Crippen LogP contribution is -2.00. The van der Waals surface area contributed by atoms with Gasteiger partial charge < -0.3 is 0 Å². The quantitative estimate of drug-likeness (QED) is 0.483. The highest BCUT2D eigenvalue weighted by Gasteiger charge is 2.20. The molecule has 0 aliphatic rings. The second-order valence-electron chi connectivity index (χ2n) is 4.24. The Morgan fingerprint density at radius 2 is 2.11 bits per heavy atom. The van der Waals surface area contributed by atoms with Crippen LogP contribution in [0.4, 0.5) is 5.69 Å². The summed E-state index contributed by atoms with van der Waals surface area (Å²) in [5.74, 6) is 0. The van der Waals surface area contributed by atoms with Gasteiger partial charge in [0.25, 0.3) is 5.69 Å². The van der Waals surface area contributed by atoms with Crippen molar-refractivity contribution in [3.8, 4) is 0 Å². The molecule has 1 unspecified atom stereocenters. The second-order valence-corrected chi connectivity index (χ2v) is 6.00. The molecule has 6 heteroatoms. The average Bonchev–Trinajstić information content (AvgIpc) is 2.69. The topological polar surface area (TPSA) is 56.0 Å². The number of nitro groups is 1. The smallest absolute Gasteiger partial charge is 0.258 e. The molecule has 19 heavy (non-hydrogen) atoms. The highest BCUT2D eigenvalue weighted by molar-refractivity contribution is 7.12. The Morgan fingerprint density at radius 1 is 1.42 bits per heavy atom. The van der Waals surface area contributed by atoms with Crippen LogP contribution in [0.5, 0.6) is 0 Å². The number of halogens is 1. The van der Waals surface area contributed by atoms with E-state index in [1.165, 1.54) is 6.07 Å². The number of aryl methyl sites for hydroxylation is 2. The summed E-state index contributed by atoms with van der Waals surface area (Å²) >= 11 is 7.93. The zero-order valence-corrected chi connectivity index (χ0v) is 12.2. The lowest BCUT2D eigenvalue weighted by Gasteiger charge is -2.08. The molecule has 2 rings (SSSR count). The zero-order valence-electron chi connectivity index (χ0n) is 10.6. The molecular weight excluding hydrogens is 284 g/mol. The van der Waals surface area contributed by atoms with E-state index >= 15 is 0 Å². The molecule has 0 bridgehead atoms. The number of aromatic nitrogens is 1. The molecule has 1 heterocycles. The lowest BCUT2D eigenvalue weighted by atomic mass is 10.1.